The van der Waals surface area contributed by atoms with E-state index in [9.17, 15) is 4.79 Å². The summed E-state index contributed by atoms with van der Waals surface area (Å²) in [6.45, 7) is 4.02. The third-order valence-electron chi connectivity index (χ3n) is 1.75. The summed E-state index contributed by atoms with van der Waals surface area (Å²) in [7, 11) is 0. The molecule has 0 N–H and O–H groups in total. The number of carbonyl (C=O) groups excluding carboxylic acids is 1. The van der Waals surface area contributed by atoms with Crippen molar-refractivity contribution in [2.24, 2.45) is 0 Å². The van der Waals surface area contributed by atoms with Crippen molar-refractivity contribution in [1.82, 2.24) is 4.98 Å². The van der Waals surface area contributed by atoms with Crippen molar-refractivity contribution in [3.8, 4) is 6.07 Å². The van der Waals surface area contributed by atoms with Gasteiger partial charge in [-0.1, -0.05) is 6.92 Å². The number of nitrogens with zero attached hydrogens (tertiary/aromatic N) is 2. The summed E-state index contributed by atoms with van der Waals surface area (Å²) in [5, 5.41) is 9.44. The van der Waals surface area contributed by atoms with Crippen LogP contribution in [0.5, 0.6) is 0 Å². The zero-order chi connectivity index (χ0) is 12.0. The van der Waals surface area contributed by atoms with Gasteiger partial charge < -0.3 is 4.74 Å². The quantitative estimate of drug-likeness (QED) is 0.592. The molecule has 0 saturated carbocycles. The van der Waals surface area contributed by atoms with Crippen molar-refractivity contribution in [3.63, 3.8) is 0 Å². The van der Waals surface area contributed by atoms with E-state index in [0.717, 1.165) is 5.75 Å². The van der Waals surface area contributed by atoms with Crippen LogP contribution in [0.15, 0.2) is 17.2 Å². The first-order chi connectivity index (χ1) is 7.72. The van der Waals surface area contributed by atoms with Crippen LogP contribution in [-0.4, -0.2) is 23.3 Å². The lowest BCUT2D eigenvalue weighted by molar-refractivity contribution is 0.0518. The zero-order valence-corrected chi connectivity index (χ0v) is 10.0. The van der Waals surface area contributed by atoms with Gasteiger partial charge >= 0.3 is 5.97 Å². The Morgan fingerprint density at radius 1 is 1.56 bits per heavy atom. The van der Waals surface area contributed by atoms with E-state index in [1.54, 1.807) is 13.0 Å². The number of hydrogen-bond acceptors (Lipinski definition) is 5. The van der Waals surface area contributed by atoms with E-state index < -0.39 is 5.97 Å². The van der Waals surface area contributed by atoms with Crippen molar-refractivity contribution in [2.45, 2.75) is 18.9 Å². The molecular weight excluding hydrogens is 224 g/mol. The molecule has 0 spiro atoms. The van der Waals surface area contributed by atoms with Gasteiger partial charge in [0.2, 0.25) is 0 Å². The fraction of sp³-hybridized carbons (Fsp3) is 0.364. The number of rotatable bonds is 4. The Morgan fingerprint density at radius 3 is 2.88 bits per heavy atom. The smallest absolute Gasteiger partial charge is 0.356 e. The molecule has 0 atom stereocenters. The van der Waals surface area contributed by atoms with Gasteiger partial charge in [0.1, 0.15) is 16.8 Å². The van der Waals surface area contributed by atoms with Gasteiger partial charge in [-0.2, -0.15) is 5.26 Å². The summed E-state index contributed by atoms with van der Waals surface area (Å²) in [5.74, 6) is 0.346. The van der Waals surface area contributed by atoms with Crippen molar-refractivity contribution in [3.05, 3.63) is 23.4 Å². The Morgan fingerprint density at radius 2 is 2.31 bits per heavy atom. The zero-order valence-electron chi connectivity index (χ0n) is 9.19. The first-order valence-corrected chi connectivity index (χ1v) is 5.92. The van der Waals surface area contributed by atoms with E-state index in [2.05, 4.69) is 4.98 Å². The monoisotopic (exact) mass is 236 g/mol. The van der Waals surface area contributed by atoms with Crippen molar-refractivity contribution < 1.29 is 9.53 Å². The van der Waals surface area contributed by atoms with Crippen LogP contribution in [0.3, 0.4) is 0 Å². The molecule has 1 heterocycles. The highest BCUT2D eigenvalue weighted by Crippen LogP contribution is 2.20. The molecule has 0 amide bonds. The Balaban J connectivity index is 3.02. The van der Waals surface area contributed by atoms with Gasteiger partial charge in [0.05, 0.1) is 12.2 Å². The Bertz CT molecular complexity index is 426. The Labute approximate surface area is 98.6 Å². The molecule has 0 radical (unpaired) electrons. The van der Waals surface area contributed by atoms with Crippen LogP contribution < -0.4 is 0 Å². The second-order valence-electron chi connectivity index (χ2n) is 2.81. The number of aromatic nitrogens is 1. The molecule has 0 aliphatic heterocycles. The van der Waals surface area contributed by atoms with Gasteiger partial charge in [0.25, 0.3) is 0 Å². The lowest BCUT2D eigenvalue weighted by atomic mass is 10.2. The summed E-state index contributed by atoms with van der Waals surface area (Å²) in [6, 6.07) is 5.15. The second-order valence-corrected chi connectivity index (χ2v) is 4.07. The van der Waals surface area contributed by atoms with E-state index in [1.807, 2.05) is 13.0 Å². The molecule has 0 saturated heterocycles. The highest BCUT2D eigenvalue weighted by Gasteiger charge is 2.12. The van der Waals surface area contributed by atoms with E-state index >= 15 is 0 Å². The maximum absolute atomic E-state index is 11.4. The largest absolute Gasteiger partial charge is 0.461 e. The van der Waals surface area contributed by atoms with Crippen molar-refractivity contribution >= 4 is 17.7 Å². The predicted octanol–water partition coefficient (Wildman–Crippen LogP) is 2.24. The third kappa shape index (κ3) is 2.97. The molecule has 1 aromatic rings. The van der Waals surface area contributed by atoms with Crippen LogP contribution in [0.25, 0.3) is 0 Å². The summed E-state index contributed by atoms with van der Waals surface area (Å²) in [6.07, 6.45) is 0. The molecule has 0 aliphatic rings. The van der Waals surface area contributed by atoms with E-state index in [1.165, 1.54) is 17.8 Å². The van der Waals surface area contributed by atoms with Crippen LogP contribution in [0.2, 0.25) is 0 Å². The number of pyridine rings is 1. The summed E-state index contributed by atoms with van der Waals surface area (Å²) < 4.78 is 4.84. The van der Waals surface area contributed by atoms with Gasteiger partial charge in [-0.3, -0.25) is 0 Å². The van der Waals surface area contributed by atoms with Crippen LogP contribution in [0.4, 0.5) is 0 Å². The topological polar surface area (TPSA) is 63.0 Å². The molecule has 4 nitrogen and oxygen atoms in total. The molecule has 1 rings (SSSR count). The van der Waals surface area contributed by atoms with Gasteiger partial charge in [-0.25, -0.2) is 9.78 Å². The van der Waals surface area contributed by atoms with E-state index in [4.69, 9.17) is 10.00 Å². The number of thioether (sulfide) groups is 1. The highest BCUT2D eigenvalue weighted by molar-refractivity contribution is 7.99. The number of nitriles is 1. The lowest BCUT2D eigenvalue weighted by Crippen LogP contribution is -2.08. The van der Waals surface area contributed by atoms with Crippen LogP contribution >= 0.6 is 11.8 Å². The molecular formula is C11H12N2O2S. The normalized spacial score (nSPS) is 9.56. The highest BCUT2D eigenvalue weighted by atomic mass is 32.2. The molecule has 0 aromatic carbocycles. The molecule has 5 heteroatoms. The van der Waals surface area contributed by atoms with Crippen LogP contribution in [0.1, 0.15) is 29.9 Å². The minimum absolute atomic E-state index is 0.247. The lowest BCUT2D eigenvalue weighted by Gasteiger charge is -2.04. The van der Waals surface area contributed by atoms with Crippen molar-refractivity contribution in [1.29, 1.82) is 5.26 Å². The van der Waals surface area contributed by atoms with Crippen LogP contribution in [0, 0.1) is 11.3 Å². The van der Waals surface area contributed by atoms with Crippen LogP contribution in [-0.2, 0) is 4.74 Å². The standard InChI is InChI=1S/C11H12N2O2S/c1-3-15-11(14)9-6-5-8(7-12)10(13-9)16-4-2/h5-6H,3-4H2,1-2H3. The Kier molecular flexibility index (Phi) is 4.80. The third-order valence-corrected chi connectivity index (χ3v) is 2.62. The Hall–Kier alpha value is -1.54. The molecule has 0 bridgehead atoms. The first-order valence-electron chi connectivity index (χ1n) is 4.94. The average Bonchev–Trinajstić information content (AvgIpc) is 2.29. The molecule has 16 heavy (non-hydrogen) atoms. The van der Waals surface area contributed by atoms with Gasteiger partial charge in [0.15, 0.2) is 0 Å². The number of hydrogen-bond donors (Lipinski definition) is 0. The predicted molar refractivity (Wildman–Crippen MR) is 61.3 cm³/mol. The minimum atomic E-state index is -0.454. The average molecular weight is 236 g/mol. The molecule has 0 fully saturated rings. The number of carbonyl (C=O) groups is 1. The molecule has 1 aromatic heterocycles. The summed E-state index contributed by atoms with van der Waals surface area (Å²) in [4.78, 5) is 15.5. The maximum atomic E-state index is 11.4. The summed E-state index contributed by atoms with van der Waals surface area (Å²) >= 11 is 1.43. The van der Waals surface area contributed by atoms with Gasteiger partial charge in [-0.05, 0) is 24.8 Å². The fourth-order valence-electron chi connectivity index (χ4n) is 1.09. The SMILES string of the molecule is CCOC(=O)c1ccc(C#N)c(SCC)n1. The minimum Gasteiger partial charge on any atom is -0.461 e. The maximum Gasteiger partial charge on any atom is 0.356 e. The molecule has 84 valence electrons. The van der Waals surface area contributed by atoms with Crippen molar-refractivity contribution in [2.75, 3.05) is 12.4 Å². The van der Waals surface area contributed by atoms with Gasteiger partial charge in [-0.15, -0.1) is 11.8 Å². The van der Waals surface area contributed by atoms with Gasteiger partial charge in [0, 0.05) is 0 Å². The molecule has 0 aliphatic carbocycles. The molecule has 0 unspecified atom stereocenters. The fourth-order valence-corrected chi connectivity index (χ4v) is 1.80. The van der Waals surface area contributed by atoms with E-state index in [-0.39, 0.29) is 5.69 Å². The van der Waals surface area contributed by atoms with E-state index in [0.29, 0.717) is 17.2 Å². The second kappa shape index (κ2) is 6.13. The number of esters is 1. The summed E-state index contributed by atoms with van der Waals surface area (Å²) in [5.41, 5.74) is 0.733. The first kappa shape index (κ1) is 12.5. The number of ether oxygens (including phenoxy) is 1.